The van der Waals surface area contributed by atoms with Crippen molar-refractivity contribution >= 4 is 12.0 Å². The molecule has 0 bridgehead atoms. The number of alkyl carbamates (subject to hydrolysis) is 1. The van der Waals surface area contributed by atoms with Gasteiger partial charge in [0.25, 0.3) is 0 Å². The molecule has 2 N–H and O–H groups in total. The van der Waals surface area contributed by atoms with Gasteiger partial charge in [-0.3, -0.25) is 4.79 Å². The molecular formula is C16H30N2O4. The maximum Gasteiger partial charge on any atom is 0.407 e. The van der Waals surface area contributed by atoms with Crippen molar-refractivity contribution in [3.05, 3.63) is 0 Å². The Bertz CT molecular complexity index is 401. The molecule has 0 saturated carbocycles. The molecule has 0 spiro atoms. The Labute approximate surface area is 133 Å². The number of carbonyl (C=O) groups is 2. The molecule has 2 amide bonds. The minimum absolute atomic E-state index is 0.0429. The fraction of sp³-hybridized carbons (Fsp3) is 0.875. The fourth-order valence-corrected chi connectivity index (χ4v) is 2.61. The van der Waals surface area contributed by atoms with E-state index in [4.69, 9.17) is 4.74 Å². The number of piperidine rings is 1. The number of carbonyl (C=O) groups excluding carboxylic acids is 2. The summed E-state index contributed by atoms with van der Waals surface area (Å²) in [5.74, 6) is -0.104. The van der Waals surface area contributed by atoms with Crippen LogP contribution < -0.4 is 5.32 Å². The largest absolute Gasteiger partial charge is 0.444 e. The van der Waals surface area contributed by atoms with Gasteiger partial charge in [0.2, 0.25) is 5.91 Å². The average Bonchev–Trinajstić information content (AvgIpc) is 2.34. The summed E-state index contributed by atoms with van der Waals surface area (Å²) in [4.78, 5) is 25.9. The van der Waals surface area contributed by atoms with E-state index in [1.165, 1.54) is 0 Å². The van der Waals surface area contributed by atoms with E-state index < -0.39 is 17.8 Å². The number of aliphatic hydroxyl groups is 1. The first-order chi connectivity index (χ1) is 9.99. The highest BCUT2D eigenvalue weighted by atomic mass is 16.6. The molecule has 6 nitrogen and oxygen atoms in total. The molecule has 1 aliphatic heterocycles. The standard InChI is InChI=1S/C16H30N2O4/c1-10(2)14(20)18-8-12(11(3)19)7-13(9-18)17-15(21)22-16(4,5)6/h10-13,19H,7-9H2,1-6H3,(H,17,21). The van der Waals surface area contributed by atoms with Crippen LogP contribution in [-0.2, 0) is 9.53 Å². The number of hydrogen-bond acceptors (Lipinski definition) is 4. The van der Waals surface area contributed by atoms with Gasteiger partial charge < -0.3 is 20.1 Å². The molecule has 128 valence electrons. The summed E-state index contributed by atoms with van der Waals surface area (Å²) in [6, 6.07) is -0.203. The van der Waals surface area contributed by atoms with Crippen molar-refractivity contribution in [3.8, 4) is 0 Å². The SMILES string of the molecule is CC(C)C(=O)N1CC(NC(=O)OC(C)(C)C)CC(C(C)O)C1. The molecule has 1 fully saturated rings. The Morgan fingerprint density at radius 1 is 1.23 bits per heavy atom. The number of hydrogen-bond donors (Lipinski definition) is 2. The zero-order chi connectivity index (χ0) is 17.1. The maximum absolute atomic E-state index is 12.2. The monoisotopic (exact) mass is 314 g/mol. The van der Waals surface area contributed by atoms with Crippen LogP contribution in [0.3, 0.4) is 0 Å². The second-order valence-electron chi connectivity index (χ2n) is 7.48. The van der Waals surface area contributed by atoms with Crippen LogP contribution in [0, 0.1) is 11.8 Å². The first kappa shape index (κ1) is 18.7. The smallest absolute Gasteiger partial charge is 0.407 e. The van der Waals surface area contributed by atoms with Crippen LogP contribution in [0.2, 0.25) is 0 Å². The van der Waals surface area contributed by atoms with Gasteiger partial charge in [0.1, 0.15) is 5.60 Å². The zero-order valence-electron chi connectivity index (χ0n) is 14.5. The molecule has 1 aliphatic rings. The van der Waals surface area contributed by atoms with Gasteiger partial charge in [-0.2, -0.15) is 0 Å². The number of amides is 2. The van der Waals surface area contributed by atoms with E-state index in [9.17, 15) is 14.7 Å². The van der Waals surface area contributed by atoms with Gasteiger partial charge in [-0.1, -0.05) is 13.8 Å². The van der Waals surface area contributed by atoms with Crippen molar-refractivity contribution in [2.24, 2.45) is 11.8 Å². The molecule has 3 unspecified atom stereocenters. The number of aliphatic hydroxyl groups excluding tert-OH is 1. The van der Waals surface area contributed by atoms with Crippen molar-refractivity contribution in [1.29, 1.82) is 0 Å². The molecule has 0 radical (unpaired) electrons. The number of nitrogens with zero attached hydrogens (tertiary/aromatic N) is 1. The van der Waals surface area contributed by atoms with Crippen LogP contribution >= 0.6 is 0 Å². The summed E-state index contributed by atoms with van der Waals surface area (Å²) in [6.45, 7) is 11.8. The third-order valence-corrected chi connectivity index (χ3v) is 3.69. The lowest BCUT2D eigenvalue weighted by Crippen LogP contribution is -2.55. The molecule has 22 heavy (non-hydrogen) atoms. The van der Waals surface area contributed by atoms with Crippen molar-refractivity contribution < 1.29 is 19.4 Å². The quantitative estimate of drug-likeness (QED) is 0.832. The number of nitrogens with one attached hydrogen (secondary N) is 1. The average molecular weight is 314 g/mol. The lowest BCUT2D eigenvalue weighted by atomic mass is 9.89. The van der Waals surface area contributed by atoms with Crippen LogP contribution in [0.5, 0.6) is 0 Å². The number of ether oxygens (including phenoxy) is 1. The van der Waals surface area contributed by atoms with E-state index in [1.54, 1.807) is 32.6 Å². The minimum atomic E-state index is -0.560. The summed E-state index contributed by atoms with van der Waals surface area (Å²) in [5, 5.41) is 12.7. The van der Waals surface area contributed by atoms with E-state index in [-0.39, 0.29) is 23.8 Å². The highest BCUT2D eigenvalue weighted by molar-refractivity contribution is 5.78. The molecule has 0 aromatic carbocycles. The first-order valence-electron chi connectivity index (χ1n) is 7.96. The van der Waals surface area contributed by atoms with Gasteiger partial charge in [0, 0.05) is 24.9 Å². The van der Waals surface area contributed by atoms with Crippen molar-refractivity contribution in [3.63, 3.8) is 0 Å². The van der Waals surface area contributed by atoms with Gasteiger partial charge in [-0.25, -0.2) is 4.79 Å². The van der Waals surface area contributed by atoms with Crippen LogP contribution in [0.4, 0.5) is 4.79 Å². The van der Waals surface area contributed by atoms with Crippen LogP contribution in [0.1, 0.15) is 48.0 Å². The Hall–Kier alpha value is -1.30. The summed E-state index contributed by atoms with van der Waals surface area (Å²) < 4.78 is 5.26. The zero-order valence-corrected chi connectivity index (χ0v) is 14.5. The van der Waals surface area contributed by atoms with E-state index in [0.717, 1.165) is 0 Å². The molecule has 0 aliphatic carbocycles. The molecule has 0 aromatic rings. The van der Waals surface area contributed by atoms with E-state index in [1.807, 2.05) is 13.8 Å². The minimum Gasteiger partial charge on any atom is -0.444 e. The first-order valence-corrected chi connectivity index (χ1v) is 7.96. The Balaban J connectivity index is 2.72. The van der Waals surface area contributed by atoms with Gasteiger partial charge in [0.05, 0.1) is 12.1 Å². The van der Waals surface area contributed by atoms with Crippen molar-refractivity contribution in [2.75, 3.05) is 13.1 Å². The Morgan fingerprint density at radius 3 is 2.27 bits per heavy atom. The summed E-state index contributed by atoms with van der Waals surface area (Å²) in [5.41, 5.74) is -0.560. The van der Waals surface area contributed by atoms with Gasteiger partial charge in [0.15, 0.2) is 0 Å². The normalized spacial score (nSPS) is 24.1. The molecular weight excluding hydrogens is 284 g/mol. The van der Waals surface area contributed by atoms with Crippen molar-refractivity contribution in [2.45, 2.75) is 65.7 Å². The molecule has 0 aromatic heterocycles. The predicted octanol–water partition coefficient (Wildman–Crippen LogP) is 1.76. The maximum atomic E-state index is 12.2. The highest BCUT2D eigenvalue weighted by Gasteiger charge is 2.34. The van der Waals surface area contributed by atoms with Crippen LogP contribution in [0.15, 0.2) is 0 Å². The predicted molar refractivity (Wildman–Crippen MR) is 84.4 cm³/mol. The fourth-order valence-electron chi connectivity index (χ4n) is 2.61. The summed E-state index contributed by atoms with van der Waals surface area (Å²) in [6.07, 6.45) is -0.370. The third kappa shape index (κ3) is 5.83. The third-order valence-electron chi connectivity index (χ3n) is 3.69. The summed E-state index contributed by atoms with van der Waals surface area (Å²) >= 11 is 0. The topological polar surface area (TPSA) is 78.9 Å². The number of likely N-dealkylation sites (tertiary alicyclic amines) is 1. The number of rotatable bonds is 3. The second kappa shape index (κ2) is 7.31. The molecule has 1 rings (SSSR count). The van der Waals surface area contributed by atoms with Gasteiger partial charge in [-0.05, 0) is 34.1 Å². The van der Waals surface area contributed by atoms with Gasteiger partial charge in [-0.15, -0.1) is 0 Å². The lowest BCUT2D eigenvalue weighted by molar-refractivity contribution is -0.137. The lowest BCUT2D eigenvalue weighted by Gasteiger charge is -2.40. The second-order valence-corrected chi connectivity index (χ2v) is 7.48. The molecule has 3 atom stereocenters. The molecule has 6 heteroatoms. The van der Waals surface area contributed by atoms with E-state index in [2.05, 4.69) is 5.32 Å². The van der Waals surface area contributed by atoms with E-state index in [0.29, 0.717) is 19.5 Å². The van der Waals surface area contributed by atoms with Crippen molar-refractivity contribution in [1.82, 2.24) is 10.2 Å². The Morgan fingerprint density at radius 2 is 1.82 bits per heavy atom. The van der Waals surface area contributed by atoms with Crippen LogP contribution in [-0.4, -0.2) is 52.8 Å². The molecule has 1 saturated heterocycles. The Kier molecular flexibility index (Phi) is 6.23. The summed E-state index contributed by atoms with van der Waals surface area (Å²) in [7, 11) is 0. The van der Waals surface area contributed by atoms with Gasteiger partial charge >= 0.3 is 6.09 Å². The molecule has 1 heterocycles. The van der Waals surface area contributed by atoms with E-state index >= 15 is 0 Å². The highest BCUT2D eigenvalue weighted by Crippen LogP contribution is 2.22. The van der Waals surface area contributed by atoms with Crippen LogP contribution in [0.25, 0.3) is 0 Å².